The van der Waals surface area contributed by atoms with E-state index in [-0.39, 0.29) is 5.78 Å². The van der Waals surface area contributed by atoms with Gasteiger partial charge < -0.3 is 0 Å². The van der Waals surface area contributed by atoms with E-state index in [1.165, 1.54) is 0 Å². The third kappa shape index (κ3) is 2.14. The number of ketones is 1. The van der Waals surface area contributed by atoms with Gasteiger partial charge in [0.2, 0.25) is 0 Å². The van der Waals surface area contributed by atoms with Crippen molar-refractivity contribution in [3.8, 4) is 0 Å². The number of carbonyl (C=O) groups is 1. The first-order chi connectivity index (χ1) is 6.16. The quantitative estimate of drug-likeness (QED) is 0.664. The van der Waals surface area contributed by atoms with Crippen molar-refractivity contribution in [2.75, 3.05) is 0 Å². The average Bonchev–Trinajstić information content (AvgIpc) is 2.16. The summed E-state index contributed by atoms with van der Waals surface area (Å²) in [5.74, 6) is 0.489. The van der Waals surface area contributed by atoms with Crippen LogP contribution in [-0.4, -0.2) is 10.8 Å². The van der Waals surface area contributed by atoms with E-state index < -0.39 is 0 Å². The Morgan fingerprint density at radius 2 is 2.23 bits per heavy atom. The van der Waals surface area contributed by atoms with Gasteiger partial charge in [0, 0.05) is 18.2 Å². The Labute approximate surface area is 79.0 Å². The van der Waals surface area contributed by atoms with Crippen LogP contribution in [0.4, 0.5) is 0 Å². The third-order valence-electron chi connectivity index (χ3n) is 2.01. The Kier molecular flexibility index (Phi) is 3.18. The summed E-state index contributed by atoms with van der Waals surface area (Å²) in [5.41, 5.74) is 1.69. The number of hydrogen-bond donors (Lipinski definition) is 0. The van der Waals surface area contributed by atoms with Gasteiger partial charge in [-0.2, -0.15) is 0 Å². The number of carbonyl (C=O) groups excluding carboxylic acids is 1. The van der Waals surface area contributed by atoms with Crippen molar-refractivity contribution in [2.24, 2.45) is 0 Å². The van der Waals surface area contributed by atoms with Crippen LogP contribution < -0.4 is 0 Å². The molecule has 1 aromatic heterocycles. The van der Waals surface area contributed by atoms with Crippen LogP contribution in [0, 0.1) is 0 Å². The fraction of sp³-hybridized carbons (Fsp3) is 0.455. The number of aromatic nitrogens is 1. The molecule has 2 nitrogen and oxygen atoms in total. The maximum atomic E-state index is 11.5. The molecule has 1 heterocycles. The lowest BCUT2D eigenvalue weighted by Gasteiger charge is -2.08. The molecule has 13 heavy (non-hydrogen) atoms. The van der Waals surface area contributed by atoms with Crippen LogP contribution in [0.2, 0.25) is 0 Å². The highest BCUT2D eigenvalue weighted by Gasteiger charge is 2.12. The molecule has 0 aliphatic heterocycles. The van der Waals surface area contributed by atoms with Gasteiger partial charge in [-0.25, -0.2) is 0 Å². The molecular formula is C11H15NO. The fourth-order valence-corrected chi connectivity index (χ4v) is 1.30. The van der Waals surface area contributed by atoms with E-state index >= 15 is 0 Å². The standard InChI is InChI=1S/C11H15NO/c1-4-10(13)9-6-5-7-12-11(9)8(2)3/h5-8H,4H2,1-3H3. The van der Waals surface area contributed by atoms with E-state index in [0.29, 0.717) is 12.3 Å². The van der Waals surface area contributed by atoms with E-state index in [4.69, 9.17) is 0 Å². The minimum Gasteiger partial charge on any atom is -0.294 e. The summed E-state index contributed by atoms with van der Waals surface area (Å²) in [6, 6.07) is 3.67. The van der Waals surface area contributed by atoms with Crippen molar-refractivity contribution >= 4 is 5.78 Å². The molecule has 0 unspecified atom stereocenters. The zero-order valence-corrected chi connectivity index (χ0v) is 8.37. The molecule has 1 rings (SSSR count). The lowest BCUT2D eigenvalue weighted by Crippen LogP contribution is -2.05. The summed E-state index contributed by atoms with van der Waals surface area (Å²) in [5, 5.41) is 0. The van der Waals surface area contributed by atoms with E-state index in [2.05, 4.69) is 18.8 Å². The number of hydrogen-bond acceptors (Lipinski definition) is 2. The SMILES string of the molecule is CCC(=O)c1cccnc1C(C)C. The van der Waals surface area contributed by atoms with E-state index in [1.54, 1.807) is 6.20 Å². The Morgan fingerprint density at radius 1 is 1.54 bits per heavy atom. The van der Waals surface area contributed by atoms with Crippen molar-refractivity contribution in [1.82, 2.24) is 4.98 Å². The van der Waals surface area contributed by atoms with Crippen LogP contribution in [0.3, 0.4) is 0 Å². The second-order valence-corrected chi connectivity index (χ2v) is 3.37. The van der Waals surface area contributed by atoms with Crippen molar-refractivity contribution in [1.29, 1.82) is 0 Å². The molecule has 0 bridgehead atoms. The molecule has 0 amide bonds. The van der Waals surface area contributed by atoms with Crippen molar-refractivity contribution < 1.29 is 4.79 Å². The molecule has 0 spiro atoms. The van der Waals surface area contributed by atoms with Gasteiger partial charge in [-0.05, 0) is 18.1 Å². The monoisotopic (exact) mass is 177 g/mol. The van der Waals surface area contributed by atoms with Gasteiger partial charge in [0.25, 0.3) is 0 Å². The lowest BCUT2D eigenvalue weighted by atomic mass is 10.00. The molecular weight excluding hydrogens is 162 g/mol. The van der Waals surface area contributed by atoms with Crippen LogP contribution >= 0.6 is 0 Å². The predicted octanol–water partition coefficient (Wildman–Crippen LogP) is 2.80. The van der Waals surface area contributed by atoms with Gasteiger partial charge in [-0.15, -0.1) is 0 Å². The number of nitrogens with zero attached hydrogens (tertiary/aromatic N) is 1. The predicted molar refractivity (Wildman–Crippen MR) is 52.9 cm³/mol. The molecule has 0 aliphatic carbocycles. The smallest absolute Gasteiger partial charge is 0.164 e. The van der Waals surface area contributed by atoms with Crippen LogP contribution in [0.5, 0.6) is 0 Å². The fourth-order valence-electron chi connectivity index (χ4n) is 1.30. The summed E-state index contributed by atoms with van der Waals surface area (Å²) in [4.78, 5) is 15.7. The second kappa shape index (κ2) is 4.17. The first kappa shape index (κ1) is 9.90. The zero-order valence-electron chi connectivity index (χ0n) is 8.37. The highest BCUT2D eigenvalue weighted by Crippen LogP contribution is 2.17. The van der Waals surface area contributed by atoms with Crippen molar-refractivity contribution in [2.45, 2.75) is 33.1 Å². The van der Waals surface area contributed by atoms with Gasteiger partial charge in [0.05, 0.1) is 5.69 Å². The largest absolute Gasteiger partial charge is 0.294 e. The topological polar surface area (TPSA) is 30.0 Å². The molecule has 0 aromatic carbocycles. The van der Waals surface area contributed by atoms with Crippen LogP contribution in [0.25, 0.3) is 0 Å². The Bertz CT molecular complexity index is 305. The lowest BCUT2D eigenvalue weighted by molar-refractivity contribution is 0.0986. The van der Waals surface area contributed by atoms with Gasteiger partial charge in [-0.3, -0.25) is 9.78 Å². The average molecular weight is 177 g/mol. The number of pyridine rings is 1. The van der Waals surface area contributed by atoms with Gasteiger partial charge in [0.15, 0.2) is 5.78 Å². The highest BCUT2D eigenvalue weighted by atomic mass is 16.1. The molecule has 1 aromatic rings. The summed E-state index contributed by atoms with van der Waals surface area (Å²) in [7, 11) is 0. The van der Waals surface area contributed by atoms with Gasteiger partial charge in [0.1, 0.15) is 0 Å². The third-order valence-corrected chi connectivity index (χ3v) is 2.01. The van der Waals surface area contributed by atoms with E-state index in [1.807, 2.05) is 19.1 Å². The minimum atomic E-state index is 0.178. The first-order valence-corrected chi connectivity index (χ1v) is 4.65. The van der Waals surface area contributed by atoms with Crippen LogP contribution in [0.1, 0.15) is 49.2 Å². The Balaban J connectivity index is 3.12. The molecule has 0 atom stereocenters. The minimum absolute atomic E-state index is 0.178. The summed E-state index contributed by atoms with van der Waals surface area (Å²) < 4.78 is 0. The molecule has 70 valence electrons. The second-order valence-electron chi connectivity index (χ2n) is 3.37. The number of Topliss-reactive ketones (excluding diaryl/α,β-unsaturated/α-hetero) is 1. The normalized spacial score (nSPS) is 10.5. The van der Waals surface area contributed by atoms with Crippen LogP contribution in [-0.2, 0) is 0 Å². The molecule has 0 fully saturated rings. The summed E-state index contributed by atoms with van der Waals surface area (Å²) in [6.07, 6.45) is 2.28. The van der Waals surface area contributed by atoms with Crippen molar-refractivity contribution in [3.63, 3.8) is 0 Å². The summed E-state index contributed by atoms with van der Waals surface area (Å²) in [6.45, 7) is 5.98. The highest BCUT2D eigenvalue weighted by molar-refractivity contribution is 5.96. The van der Waals surface area contributed by atoms with Crippen molar-refractivity contribution in [3.05, 3.63) is 29.6 Å². The molecule has 0 N–H and O–H groups in total. The molecule has 0 aliphatic rings. The molecule has 0 saturated heterocycles. The maximum absolute atomic E-state index is 11.5. The summed E-state index contributed by atoms with van der Waals surface area (Å²) >= 11 is 0. The van der Waals surface area contributed by atoms with Crippen LogP contribution in [0.15, 0.2) is 18.3 Å². The first-order valence-electron chi connectivity index (χ1n) is 4.65. The Morgan fingerprint density at radius 3 is 2.77 bits per heavy atom. The number of rotatable bonds is 3. The van der Waals surface area contributed by atoms with Gasteiger partial charge >= 0.3 is 0 Å². The molecule has 0 radical (unpaired) electrons. The van der Waals surface area contributed by atoms with E-state index in [9.17, 15) is 4.79 Å². The maximum Gasteiger partial charge on any atom is 0.164 e. The molecule has 0 saturated carbocycles. The van der Waals surface area contributed by atoms with E-state index in [0.717, 1.165) is 11.3 Å². The zero-order chi connectivity index (χ0) is 9.84. The Hall–Kier alpha value is -1.18. The molecule has 2 heteroatoms. The van der Waals surface area contributed by atoms with Gasteiger partial charge in [-0.1, -0.05) is 20.8 Å².